The minimum Gasteiger partial charge on any atom is -0.456 e. The molecule has 1 aliphatic rings. The molecule has 0 bridgehead atoms. The zero-order valence-electron chi connectivity index (χ0n) is 13.0. The second-order valence-corrected chi connectivity index (χ2v) is 6.02. The number of fused-ring (bicyclic) bond motifs is 3. The summed E-state index contributed by atoms with van der Waals surface area (Å²) in [5.74, 6) is 0. The lowest BCUT2D eigenvalue weighted by atomic mass is 9.86. The molecule has 3 heterocycles. The molecule has 0 saturated carbocycles. The number of pyridine rings is 1. The zero-order chi connectivity index (χ0) is 15.3. The average Bonchev–Trinajstić information content (AvgIpc) is 2.88. The van der Waals surface area contributed by atoms with E-state index in [1.807, 2.05) is 37.4 Å². The van der Waals surface area contributed by atoms with Gasteiger partial charge in [0, 0.05) is 35.3 Å². The van der Waals surface area contributed by atoms with Gasteiger partial charge in [-0.15, -0.1) is 0 Å². The minimum atomic E-state index is -0.265. The number of furan rings is 1. The van der Waals surface area contributed by atoms with Gasteiger partial charge in [0.15, 0.2) is 0 Å². The van der Waals surface area contributed by atoms with E-state index < -0.39 is 0 Å². The molecule has 0 N–H and O–H groups in total. The number of hydrogen-bond acceptors (Lipinski definition) is 3. The molecule has 0 radical (unpaired) electrons. The molecule has 3 nitrogen and oxygen atoms in total. The predicted octanol–water partition coefficient (Wildman–Crippen LogP) is 4.52. The van der Waals surface area contributed by atoms with E-state index in [1.54, 1.807) is 0 Å². The summed E-state index contributed by atoms with van der Waals surface area (Å²) in [6.07, 6.45) is 10.3. The van der Waals surface area contributed by atoms with Gasteiger partial charge >= 0.3 is 0 Å². The molecule has 1 unspecified atom stereocenters. The van der Waals surface area contributed by atoms with Gasteiger partial charge in [-0.2, -0.15) is 0 Å². The summed E-state index contributed by atoms with van der Waals surface area (Å²) in [5.41, 5.74) is 3.71. The van der Waals surface area contributed by atoms with Gasteiger partial charge in [0.1, 0.15) is 11.2 Å². The first-order valence-corrected chi connectivity index (χ1v) is 7.47. The lowest BCUT2D eigenvalue weighted by Gasteiger charge is -2.38. The van der Waals surface area contributed by atoms with Crippen molar-refractivity contribution in [3.05, 3.63) is 66.1 Å². The SMILES string of the molecule is Cc1ncc2c(oc3ccccc32)c1C1(C)C=CC=CN1C. The predicted molar refractivity (Wildman–Crippen MR) is 89.6 cm³/mol. The van der Waals surface area contributed by atoms with Crippen molar-refractivity contribution < 1.29 is 4.42 Å². The first-order valence-electron chi connectivity index (χ1n) is 7.47. The Morgan fingerprint density at radius 3 is 2.77 bits per heavy atom. The van der Waals surface area contributed by atoms with Gasteiger partial charge in [-0.3, -0.25) is 4.98 Å². The fraction of sp³-hybridized carbons (Fsp3) is 0.211. The van der Waals surface area contributed by atoms with Gasteiger partial charge in [-0.25, -0.2) is 0 Å². The molecular weight excluding hydrogens is 272 g/mol. The quantitative estimate of drug-likeness (QED) is 0.660. The molecule has 0 aliphatic carbocycles. The first kappa shape index (κ1) is 13.1. The monoisotopic (exact) mass is 290 g/mol. The number of para-hydroxylation sites is 1. The summed E-state index contributed by atoms with van der Waals surface area (Å²) >= 11 is 0. The number of rotatable bonds is 1. The van der Waals surface area contributed by atoms with Crippen molar-refractivity contribution in [2.75, 3.05) is 7.05 Å². The number of nitrogens with zero attached hydrogens (tertiary/aromatic N) is 2. The van der Waals surface area contributed by atoms with Crippen LogP contribution >= 0.6 is 0 Å². The number of hydrogen-bond donors (Lipinski definition) is 0. The van der Waals surface area contributed by atoms with E-state index >= 15 is 0 Å². The molecule has 0 fully saturated rings. The molecule has 22 heavy (non-hydrogen) atoms. The number of allylic oxidation sites excluding steroid dienone is 2. The Bertz CT molecular complexity index is 935. The molecular formula is C19H18N2O. The Kier molecular flexibility index (Phi) is 2.67. The third-order valence-corrected chi connectivity index (χ3v) is 4.69. The summed E-state index contributed by atoms with van der Waals surface area (Å²) in [4.78, 5) is 6.84. The molecule has 0 spiro atoms. The molecule has 3 heteroatoms. The maximum Gasteiger partial charge on any atom is 0.144 e. The highest BCUT2D eigenvalue weighted by molar-refractivity contribution is 6.05. The van der Waals surface area contributed by atoms with Crippen molar-refractivity contribution in [3.63, 3.8) is 0 Å². The van der Waals surface area contributed by atoms with Crippen LogP contribution in [0.2, 0.25) is 0 Å². The maximum atomic E-state index is 6.21. The van der Waals surface area contributed by atoms with Crippen molar-refractivity contribution in [2.24, 2.45) is 0 Å². The standard InChI is InChI=1S/C19H18N2O/c1-13-17(19(2)10-6-7-11-21(19)3)18-15(12-20-13)14-8-4-5-9-16(14)22-18/h4-12H,1-3H3. The molecule has 0 saturated heterocycles. The Morgan fingerprint density at radius 1 is 1.14 bits per heavy atom. The summed E-state index contributed by atoms with van der Waals surface area (Å²) in [6.45, 7) is 4.25. The van der Waals surface area contributed by atoms with Crippen LogP contribution in [0.25, 0.3) is 21.9 Å². The normalized spacial score (nSPS) is 21.1. The molecule has 0 amide bonds. The number of likely N-dealkylation sites (N-methyl/N-ethyl adjacent to an activating group) is 1. The van der Waals surface area contributed by atoms with Crippen molar-refractivity contribution in [2.45, 2.75) is 19.4 Å². The molecule has 1 aliphatic heterocycles. The first-order chi connectivity index (χ1) is 10.6. The average molecular weight is 290 g/mol. The van der Waals surface area contributed by atoms with Crippen LogP contribution in [0, 0.1) is 6.92 Å². The van der Waals surface area contributed by atoms with Crippen molar-refractivity contribution in [1.82, 2.24) is 9.88 Å². The number of aryl methyl sites for hydroxylation is 1. The number of benzene rings is 1. The Morgan fingerprint density at radius 2 is 1.95 bits per heavy atom. The Labute approximate surface area is 129 Å². The van der Waals surface area contributed by atoms with E-state index in [0.29, 0.717) is 0 Å². The van der Waals surface area contributed by atoms with E-state index in [2.05, 4.69) is 48.3 Å². The summed E-state index contributed by atoms with van der Waals surface area (Å²) in [5, 5.41) is 2.20. The van der Waals surface area contributed by atoms with Crippen molar-refractivity contribution in [3.8, 4) is 0 Å². The van der Waals surface area contributed by atoms with Crippen molar-refractivity contribution >= 4 is 21.9 Å². The molecule has 1 atom stereocenters. The van der Waals surface area contributed by atoms with Gasteiger partial charge < -0.3 is 9.32 Å². The second kappa shape index (κ2) is 4.47. The van der Waals surface area contributed by atoms with Crippen LogP contribution in [0.15, 0.2) is 59.3 Å². The van der Waals surface area contributed by atoms with Crippen LogP contribution in [0.3, 0.4) is 0 Å². The van der Waals surface area contributed by atoms with Crippen LogP contribution in [-0.2, 0) is 5.54 Å². The van der Waals surface area contributed by atoms with Gasteiger partial charge in [-0.1, -0.05) is 30.4 Å². The van der Waals surface area contributed by atoms with Crippen molar-refractivity contribution in [1.29, 1.82) is 0 Å². The van der Waals surface area contributed by atoms with E-state index in [4.69, 9.17) is 4.42 Å². The summed E-state index contributed by atoms with van der Waals surface area (Å²) < 4.78 is 6.21. The molecule has 4 rings (SSSR count). The molecule has 1 aromatic carbocycles. The Hall–Kier alpha value is -2.55. The summed E-state index contributed by atoms with van der Waals surface area (Å²) in [6, 6.07) is 8.14. The van der Waals surface area contributed by atoms with Gasteiger partial charge in [0.25, 0.3) is 0 Å². The molecule has 3 aromatic rings. The highest BCUT2D eigenvalue weighted by atomic mass is 16.3. The maximum absolute atomic E-state index is 6.21. The van der Waals surface area contributed by atoms with Crippen LogP contribution in [-0.4, -0.2) is 16.9 Å². The van der Waals surface area contributed by atoms with Crippen LogP contribution in [0.1, 0.15) is 18.2 Å². The van der Waals surface area contributed by atoms with Crippen LogP contribution in [0.5, 0.6) is 0 Å². The van der Waals surface area contributed by atoms with Gasteiger partial charge in [0.2, 0.25) is 0 Å². The molecule has 110 valence electrons. The van der Waals surface area contributed by atoms with E-state index in [0.717, 1.165) is 33.2 Å². The smallest absolute Gasteiger partial charge is 0.144 e. The van der Waals surface area contributed by atoms with E-state index in [-0.39, 0.29) is 5.54 Å². The molecule has 2 aromatic heterocycles. The van der Waals surface area contributed by atoms with E-state index in [1.165, 1.54) is 0 Å². The Balaban J connectivity index is 2.11. The summed E-state index contributed by atoms with van der Waals surface area (Å²) in [7, 11) is 2.08. The third kappa shape index (κ3) is 1.65. The topological polar surface area (TPSA) is 29.3 Å². The highest BCUT2D eigenvalue weighted by Gasteiger charge is 2.34. The minimum absolute atomic E-state index is 0.265. The highest BCUT2D eigenvalue weighted by Crippen LogP contribution is 2.40. The third-order valence-electron chi connectivity index (χ3n) is 4.69. The fourth-order valence-corrected chi connectivity index (χ4v) is 3.32. The van der Waals surface area contributed by atoms with Crippen LogP contribution < -0.4 is 0 Å². The van der Waals surface area contributed by atoms with E-state index in [9.17, 15) is 0 Å². The lowest BCUT2D eigenvalue weighted by Crippen LogP contribution is -2.38. The van der Waals surface area contributed by atoms with Crippen LogP contribution in [0.4, 0.5) is 0 Å². The lowest BCUT2D eigenvalue weighted by molar-refractivity contribution is 0.260. The largest absolute Gasteiger partial charge is 0.456 e. The fourth-order valence-electron chi connectivity index (χ4n) is 3.32. The zero-order valence-corrected chi connectivity index (χ0v) is 13.0. The van der Waals surface area contributed by atoms with Gasteiger partial charge in [-0.05, 0) is 32.2 Å². The van der Waals surface area contributed by atoms with Gasteiger partial charge in [0.05, 0.1) is 5.54 Å². The number of aromatic nitrogens is 1. The second-order valence-electron chi connectivity index (χ2n) is 6.02.